The maximum absolute atomic E-state index is 13.4. The van der Waals surface area contributed by atoms with Gasteiger partial charge in [0.25, 0.3) is 17.7 Å². The lowest BCUT2D eigenvalue weighted by molar-refractivity contribution is -0.165. The Bertz CT molecular complexity index is 1670. The minimum absolute atomic E-state index is 0.00223. The van der Waals surface area contributed by atoms with Gasteiger partial charge in [-0.15, -0.1) is 23.1 Å². The number of aliphatic carboxylic acids is 2. The number of rotatable bonds is 10. The van der Waals surface area contributed by atoms with Gasteiger partial charge in [0, 0.05) is 35.0 Å². The number of phenols is 2. The highest BCUT2D eigenvalue weighted by Crippen LogP contribution is 2.40. The van der Waals surface area contributed by atoms with Crippen LogP contribution in [0.5, 0.6) is 11.5 Å². The van der Waals surface area contributed by atoms with Gasteiger partial charge in [-0.25, -0.2) is 14.6 Å². The molecule has 1 aromatic heterocycles. The van der Waals surface area contributed by atoms with Crippen molar-refractivity contribution in [1.82, 2.24) is 20.5 Å². The van der Waals surface area contributed by atoms with E-state index in [9.17, 15) is 44.4 Å². The Kier molecular flexibility index (Phi) is 8.95. The lowest BCUT2D eigenvalue weighted by Crippen LogP contribution is -2.71. The fraction of sp³-hybridized carbons (Fsp3) is 0.346. The van der Waals surface area contributed by atoms with E-state index in [1.54, 1.807) is 0 Å². The van der Waals surface area contributed by atoms with Gasteiger partial charge in [0.2, 0.25) is 5.60 Å². The van der Waals surface area contributed by atoms with Crippen LogP contribution >= 0.6 is 39.0 Å². The van der Waals surface area contributed by atoms with E-state index in [1.807, 2.05) is 0 Å². The van der Waals surface area contributed by atoms with Crippen LogP contribution in [0.1, 0.15) is 41.7 Å². The number of phenolic OH excluding ortho intramolecular Hbond substituents is 2. The van der Waals surface area contributed by atoms with Crippen molar-refractivity contribution in [3.63, 3.8) is 0 Å². The number of fused-ring (bicyclic) bond motifs is 1. The van der Waals surface area contributed by atoms with Gasteiger partial charge in [-0.1, -0.05) is 21.1 Å². The molecule has 45 heavy (non-hydrogen) atoms. The minimum Gasteiger partial charge on any atom is -0.504 e. The average molecular weight is 726 g/mol. The first kappa shape index (κ1) is 32.0. The number of aromatic hydroxyl groups is 2. The molecule has 3 amide bonds. The number of amides is 3. The summed E-state index contributed by atoms with van der Waals surface area (Å²) in [5.41, 5.74) is 3.28. The Morgan fingerprint density at radius 1 is 1.20 bits per heavy atom. The average Bonchev–Trinajstić information content (AvgIpc) is 3.66. The van der Waals surface area contributed by atoms with Crippen LogP contribution in [0.3, 0.4) is 0 Å². The number of carboxylic acids is 2. The summed E-state index contributed by atoms with van der Waals surface area (Å²) >= 11 is 5.26. The number of hydrogen-bond acceptors (Lipinski definition) is 13. The third kappa shape index (κ3) is 6.14. The van der Waals surface area contributed by atoms with Crippen LogP contribution in [0.2, 0.25) is 0 Å². The lowest BCUT2D eigenvalue weighted by atomic mass is 10.0. The van der Waals surface area contributed by atoms with Gasteiger partial charge in [-0.05, 0) is 30.5 Å². The van der Waals surface area contributed by atoms with Gasteiger partial charge in [0.05, 0.1) is 5.56 Å². The second-order valence-corrected chi connectivity index (χ2v) is 13.1. The van der Waals surface area contributed by atoms with Gasteiger partial charge in [0.15, 0.2) is 22.3 Å². The van der Waals surface area contributed by atoms with Gasteiger partial charge in [-0.2, -0.15) is 0 Å². The molecule has 16 nitrogen and oxygen atoms in total. The minimum atomic E-state index is -1.61. The van der Waals surface area contributed by atoms with E-state index in [1.165, 1.54) is 17.5 Å². The van der Waals surface area contributed by atoms with E-state index in [-0.39, 0.29) is 52.8 Å². The third-order valence-electron chi connectivity index (χ3n) is 7.39. The van der Waals surface area contributed by atoms with Gasteiger partial charge in [-0.3, -0.25) is 19.3 Å². The molecule has 2 fully saturated rings. The van der Waals surface area contributed by atoms with Crippen LogP contribution in [0.4, 0.5) is 5.13 Å². The zero-order valence-electron chi connectivity index (χ0n) is 23.0. The maximum atomic E-state index is 13.4. The number of carbonyl (C=O) groups is 5. The highest BCUT2D eigenvalue weighted by molar-refractivity contribution is 9.10. The number of hydrogen-bond donors (Lipinski definition) is 7. The number of β-lactam (4-membered cyclic amide) rings is 1. The molecule has 3 heterocycles. The second-order valence-electron chi connectivity index (χ2n) is 10.2. The Morgan fingerprint density at radius 2 is 1.91 bits per heavy atom. The molecule has 1 saturated carbocycles. The molecular weight excluding hydrogens is 700 g/mol. The molecule has 0 bridgehead atoms. The SMILES string of the molecule is Nc1nc(/C(=N/OC2(C(=O)O)CCCC2)C(=O)NC2C(=O)N3C(C(=O)O)=C(CNC(=O)c4cc(Br)cc(O)c4O)CS[C@@H]23)cs1. The number of benzene rings is 1. The summed E-state index contributed by atoms with van der Waals surface area (Å²) in [4.78, 5) is 73.9. The predicted molar refractivity (Wildman–Crippen MR) is 162 cm³/mol. The summed E-state index contributed by atoms with van der Waals surface area (Å²) in [5, 5.41) is 49.1. The van der Waals surface area contributed by atoms with Crippen LogP contribution in [0.25, 0.3) is 0 Å². The van der Waals surface area contributed by atoms with Crippen molar-refractivity contribution >= 4 is 79.5 Å². The molecule has 2 atom stereocenters. The van der Waals surface area contributed by atoms with Crippen molar-refractivity contribution < 1.29 is 49.2 Å². The van der Waals surface area contributed by atoms with E-state index in [4.69, 9.17) is 10.6 Å². The largest absolute Gasteiger partial charge is 0.504 e. The molecular formula is C26H25BrN6O10S2. The number of carbonyl (C=O) groups excluding carboxylic acids is 3. The molecule has 1 aromatic carbocycles. The van der Waals surface area contributed by atoms with E-state index in [0.29, 0.717) is 17.3 Å². The van der Waals surface area contributed by atoms with E-state index in [0.717, 1.165) is 28.0 Å². The molecule has 5 rings (SSSR count). The zero-order valence-corrected chi connectivity index (χ0v) is 26.2. The molecule has 238 valence electrons. The van der Waals surface area contributed by atoms with Crippen LogP contribution in [0, 0.1) is 0 Å². The molecule has 19 heteroatoms. The highest BCUT2D eigenvalue weighted by Gasteiger charge is 2.54. The first-order valence-corrected chi connectivity index (χ1v) is 16.0. The second kappa shape index (κ2) is 12.6. The number of nitrogens with two attached hydrogens (primary N) is 1. The van der Waals surface area contributed by atoms with Gasteiger partial charge < -0.3 is 41.6 Å². The molecule has 1 saturated heterocycles. The first-order valence-electron chi connectivity index (χ1n) is 13.2. The predicted octanol–water partition coefficient (Wildman–Crippen LogP) is 1.19. The molecule has 3 aliphatic rings. The fourth-order valence-corrected chi connectivity index (χ4v) is 7.43. The van der Waals surface area contributed by atoms with Gasteiger partial charge in [0.1, 0.15) is 22.8 Å². The maximum Gasteiger partial charge on any atom is 0.352 e. The Morgan fingerprint density at radius 3 is 2.53 bits per heavy atom. The van der Waals surface area contributed by atoms with Gasteiger partial charge >= 0.3 is 11.9 Å². The van der Waals surface area contributed by atoms with Crippen molar-refractivity contribution in [3.8, 4) is 11.5 Å². The number of nitrogens with zero attached hydrogens (tertiary/aromatic N) is 3. The molecule has 0 spiro atoms. The summed E-state index contributed by atoms with van der Waals surface area (Å²) in [6.07, 6.45) is 1.57. The number of aromatic nitrogens is 1. The highest BCUT2D eigenvalue weighted by atomic mass is 79.9. The number of nitrogen functional groups attached to an aromatic ring is 1. The molecule has 8 N–H and O–H groups in total. The zero-order chi connectivity index (χ0) is 32.6. The standard InChI is InChI=1S/C26H25BrN6O10S2/c27-11-5-12(18(35)14(34)6-11)19(36)29-7-10-8-44-22-16(21(38)33(22)17(10)23(39)40)31-20(37)15(13-9-45-25(28)30-13)32-43-26(24(41)42)3-1-2-4-26/h5-6,9,16,22,34-35H,1-4,7-8H2,(H2,28,30)(H,29,36)(H,31,37)(H,39,40)(H,41,42)/b32-15-/t16?,22-/m0/s1. The van der Waals surface area contributed by atoms with E-state index in [2.05, 4.69) is 36.7 Å². The Hall–Kier alpha value is -4.36. The third-order valence-corrected chi connectivity index (χ3v) is 9.86. The molecule has 1 unspecified atom stereocenters. The monoisotopic (exact) mass is 724 g/mol. The summed E-state index contributed by atoms with van der Waals surface area (Å²) in [6.45, 7) is -0.293. The van der Waals surface area contributed by atoms with Crippen molar-refractivity contribution in [1.29, 1.82) is 0 Å². The topological polar surface area (TPSA) is 254 Å². The van der Waals surface area contributed by atoms with Crippen LogP contribution in [0.15, 0.2) is 38.4 Å². The summed E-state index contributed by atoms with van der Waals surface area (Å²) in [7, 11) is 0. The van der Waals surface area contributed by atoms with Crippen LogP contribution < -0.4 is 16.4 Å². The number of nitrogens with one attached hydrogen (secondary N) is 2. The molecule has 2 aliphatic heterocycles. The molecule has 1 aliphatic carbocycles. The fourth-order valence-electron chi connectivity index (χ4n) is 5.09. The quantitative estimate of drug-likeness (QED) is 0.0788. The van der Waals surface area contributed by atoms with Crippen LogP contribution in [-0.2, 0) is 24.0 Å². The number of carboxylic acid groups (broad SMARTS) is 2. The lowest BCUT2D eigenvalue weighted by Gasteiger charge is -2.49. The number of thiazole rings is 1. The number of halogens is 1. The number of thioether (sulfide) groups is 1. The van der Waals surface area contributed by atoms with Crippen molar-refractivity contribution in [2.75, 3.05) is 18.0 Å². The van der Waals surface area contributed by atoms with Crippen molar-refractivity contribution in [3.05, 3.63) is 44.5 Å². The number of anilines is 1. The summed E-state index contributed by atoms with van der Waals surface area (Å²) in [5.74, 6) is -6.24. The molecule has 2 aromatic rings. The van der Waals surface area contributed by atoms with Crippen LogP contribution in [-0.4, -0.2) is 95.0 Å². The Balaban J connectivity index is 1.32. The van der Waals surface area contributed by atoms with E-state index >= 15 is 0 Å². The first-order chi connectivity index (χ1) is 21.3. The smallest absolute Gasteiger partial charge is 0.352 e. The Labute approximate surface area is 270 Å². The number of oxime groups is 1. The van der Waals surface area contributed by atoms with Crippen molar-refractivity contribution in [2.45, 2.75) is 42.7 Å². The van der Waals surface area contributed by atoms with E-state index < -0.39 is 63.9 Å². The summed E-state index contributed by atoms with van der Waals surface area (Å²) in [6, 6.07) is 1.29. The molecule has 0 radical (unpaired) electrons. The normalized spacial score (nSPS) is 20.7. The van der Waals surface area contributed by atoms with Crippen molar-refractivity contribution in [2.24, 2.45) is 5.16 Å². The summed E-state index contributed by atoms with van der Waals surface area (Å²) < 4.78 is 0.321.